The van der Waals surface area contributed by atoms with E-state index in [1.165, 1.54) is 19.3 Å². The summed E-state index contributed by atoms with van der Waals surface area (Å²) >= 11 is 0. The molecule has 3 atom stereocenters. The Balaban J connectivity index is 1.49. The van der Waals surface area contributed by atoms with Crippen LogP contribution in [0.1, 0.15) is 46.5 Å². The van der Waals surface area contributed by atoms with E-state index in [0.717, 1.165) is 38.8 Å². The van der Waals surface area contributed by atoms with E-state index in [2.05, 4.69) is 31.0 Å². The van der Waals surface area contributed by atoms with Gasteiger partial charge in [0, 0.05) is 32.1 Å². The average molecular weight is 294 g/mol. The van der Waals surface area contributed by atoms with E-state index in [9.17, 15) is 4.79 Å². The maximum Gasteiger partial charge on any atom is 0.221 e. The van der Waals surface area contributed by atoms with Crippen LogP contribution in [-0.4, -0.2) is 49.7 Å². The molecule has 2 aliphatic carbocycles. The van der Waals surface area contributed by atoms with Gasteiger partial charge in [0.1, 0.15) is 0 Å². The molecule has 1 amide bonds. The Labute approximate surface area is 128 Å². The molecule has 3 aliphatic rings. The van der Waals surface area contributed by atoms with E-state index in [0.29, 0.717) is 17.9 Å². The van der Waals surface area contributed by atoms with Crippen LogP contribution in [0.5, 0.6) is 0 Å². The van der Waals surface area contributed by atoms with Gasteiger partial charge in [-0.05, 0) is 36.0 Å². The van der Waals surface area contributed by atoms with Gasteiger partial charge in [-0.3, -0.25) is 9.69 Å². The first kappa shape index (κ1) is 15.3. The van der Waals surface area contributed by atoms with Gasteiger partial charge in [0.2, 0.25) is 5.91 Å². The zero-order chi connectivity index (χ0) is 15.1. The fourth-order valence-corrected chi connectivity index (χ4v) is 4.77. The van der Waals surface area contributed by atoms with Gasteiger partial charge in [0.05, 0.1) is 13.2 Å². The van der Waals surface area contributed by atoms with Crippen LogP contribution >= 0.6 is 0 Å². The van der Waals surface area contributed by atoms with Gasteiger partial charge in [-0.1, -0.05) is 20.8 Å². The minimum Gasteiger partial charge on any atom is -0.379 e. The molecule has 4 heteroatoms. The summed E-state index contributed by atoms with van der Waals surface area (Å²) in [5.41, 5.74) is 0.654. The second-order valence-electron chi connectivity index (χ2n) is 7.93. The minimum atomic E-state index is 0.232. The highest BCUT2D eigenvalue weighted by Crippen LogP contribution is 2.65. The molecule has 1 saturated heterocycles. The normalized spacial score (nSPS) is 38.6. The summed E-state index contributed by atoms with van der Waals surface area (Å²) in [6.07, 6.45) is 4.40. The number of carbonyl (C=O) groups excluding carboxylic acids is 1. The lowest BCUT2D eigenvalue weighted by Crippen LogP contribution is -2.47. The highest BCUT2D eigenvalue weighted by Gasteiger charge is 2.61. The molecule has 0 spiro atoms. The SMILES string of the molecule is CC1(C)[C@H]2CC[C@@]1(C)[C@@H](NC(=O)CCN1CCOCC1)C2. The molecule has 3 fully saturated rings. The largest absolute Gasteiger partial charge is 0.379 e. The van der Waals surface area contributed by atoms with E-state index in [1.54, 1.807) is 0 Å². The van der Waals surface area contributed by atoms with Crippen LogP contribution in [0.2, 0.25) is 0 Å². The van der Waals surface area contributed by atoms with Crippen LogP contribution in [0.3, 0.4) is 0 Å². The average Bonchev–Trinajstić information content (AvgIpc) is 2.79. The Morgan fingerprint density at radius 3 is 2.57 bits per heavy atom. The van der Waals surface area contributed by atoms with Crippen molar-refractivity contribution in [2.45, 2.75) is 52.5 Å². The monoisotopic (exact) mass is 294 g/mol. The molecule has 0 radical (unpaired) electrons. The van der Waals surface area contributed by atoms with Gasteiger partial charge in [-0.15, -0.1) is 0 Å². The number of nitrogens with zero attached hydrogens (tertiary/aromatic N) is 1. The second kappa shape index (κ2) is 5.54. The number of fused-ring (bicyclic) bond motifs is 2. The molecule has 120 valence electrons. The van der Waals surface area contributed by atoms with Crippen LogP contribution in [0, 0.1) is 16.7 Å². The molecule has 0 unspecified atom stereocenters. The van der Waals surface area contributed by atoms with Crippen LogP contribution < -0.4 is 5.32 Å². The third-order valence-corrected chi connectivity index (χ3v) is 6.89. The van der Waals surface area contributed by atoms with E-state index in [-0.39, 0.29) is 11.3 Å². The molecular formula is C17H30N2O2. The fraction of sp³-hybridized carbons (Fsp3) is 0.941. The highest BCUT2D eigenvalue weighted by molar-refractivity contribution is 5.76. The molecule has 1 heterocycles. The Morgan fingerprint density at radius 2 is 2.00 bits per heavy atom. The van der Waals surface area contributed by atoms with Crippen LogP contribution in [0.25, 0.3) is 0 Å². The first-order valence-electron chi connectivity index (χ1n) is 8.53. The predicted octanol–water partition coefficient (Wildman–Crippen LogP) is 2.04. The third kappa shape index (κ3) is 2.61. The van der Waals surface area contributed by atoms with Crippen LogP contribution in [-0.2, 0) is 9.53 Å². The molecule has 2 bridgehead atoms. The van der Waals surface area contributed by atoms with Crippen molar-refractivity contribution < 1.29 is 9.53 Å². The van der Waals surface area contributed by atoms with Crippen molar-refractivity contribution in [2.75, 3.05) is 32.8 Å². The second-order valence-corrected chi connectivity index (χ2v) is 7.93. The topological polar surface area (TPSA) is 41.6 Å². The summed E-state index contributed by atoms with van der Waals surface area (Å²) in [5.74, 6) is 1.02. The van der Waals surface area contributed by atoms with Gasteiger partial charge < -0.3 is 10.1 Å². The van der Waals surface area contributed by atoms with Crippen molar-refractivity contribution in [3.8, 4) is 0 Å². The summed E-state index contributed by atoms with van der Waals surface area (Å²) in [4.78, 5) is 14.6. The molecule has 2 saturated carbocycles. The Bertz CT molecular complexity index is 404. The zero-order valence-electron chi connectivity index (χ0n) is 13.8. The zero-order valence-corrected chi connectivity index (χ0v) is 13.8. The van der Waals surface area contributed by atoms with Gasteiger partial charge in [-0.2, -0.15) is 0 Å². The lowest BCUT2D eigenvalue weighted by atomic mass is 9.69. The molecule has 1 N–H and O–H groups in total. The quantitative estimate of drug-likeness (QED) is 0.863. The van der Waals surface area contributed by atoms with E-state index in [1.807, 2.05) is 0 Å². The molecule has 0 aromatic carbocycles. The number of hydrogen-bond acceptors (Lipinski definition) is 3. The highest BCUT2D eigenvalue weighted by atomic mass is 16.5. The molecule has 1 aliphatic heterocycles. The number of hydrogen-bond donors (Lipinski definition) is 1. The number of nitrogens with one attached hydrogen (secondary N) is 1. The maximum absolute atomic E-state index is 12.3. The summed E-state index contributed by atoms with van der Waals surface area (Å²) < 4.78 is 5.34. The van der Waals surface area contributed by atoms with Gasteiger partial charge in [0.25, 0.3) is 0 Å². The van der Waals surface area contributed by atoms with Crippen molar-refractivity contribution in [1.82, 2.24) is 10.2 Å². The Hall–Kier alpha value is -0.610. The minimum absolute atomic E-state index is 0.232. The number of carbonyl (C=O) groups is 1. The van der Waals surface area contributed by atoms with Crippen molar-refractivity contribution in [3.05, 3.63) is 0 Å². The summed E-state index contributed by atoms with van der Waals surface area (Å²) in [5, 5.41) is 3.35. The molecule has 0 aromatic heterocycles. The maximum atomic E-state index is 12.3. The number of rotatable bonds is 4. The van der Waals surface area contributed by atoms with Crippen LogP contribution in [0.4, 0.5) is 0 Å². The third-order valence-electron chi connectivity index (χ3n) is 6.89. The Morgan fingerprint density at radius 1 is 1.29 bits per heavy atom. The predicted molar refractivity (Wildman–Crippen MR) is 83.0 cm³/mol. The standard InChI is InChI=1S/C17H30N2O2/c1-16(2)13-4-6-17(16,3)14(12-13)18-15(20)5-7-19-8-10-21-11-9-19/h13-14H,4-12H2,1-3H3,(H,18,20)/t13-,14-,17-/m0/s1. The number of morpholine rings is 1. The smallest absolute Gasteiger partial charge is 0.221 e. The Kier molecular flexibility index (Phi) is 4.04. The van der Waals surface area contributed by atoms with Crippen LogP contribution in [0.15, 0.2) is 0 Å². The van der Waals surface area contributed by atoms with Gasteiger partial charge in [0.15, 0.2) is 0 Å². The molecule has 4 nitrogen and oxygen atoms in total. The summed E-state index contributed by atoms with van der Waals surface area (Å²) in [7, 11) is 0. The van der Waals surface area contributed by atoms with E-state index < -0.39 is 0 Å². The molecule has 21 heavy (non-hydrogen) atoms. The first-order valence-corrected chi connectivity index (χ1v) is 8.53. The van der Waals surface area contributed by atoms with E-state index >= 15 is 0 Å². The molecule has 3 rings (SSSR count). The molecular weight excluding hydrogens is 264 g/mol. The van der Waals surface area contributed by atoms with Gasteiger partial charge in [-0.25, -0.2) is 0 Å². The van der Waals surface area contributed by atoms with Crippen molar-refractivity contribution in [3.63, 3.8) is 0 Å². The number of amides is 1. The molecule has 0 aromatic rings. The van der Waals surface area contributed by atoms with Crippen molar-refractivity contribution in [1.29, 1.82) is 0 Å². The van der Waals surface area contributed by atoms with E-state index in [4.69, 9.17) is 4.74 Å². The van der Waals surface area contributed by atoms with Crippen molar-refractivity contribution >= 4 is 5.91 Å². The lowest BCUT2D eigenvalue weighted by molar-refractivity contribution is -0.123. The number of ether oxygens (including phenoxy) is 1. The summed E-state index contributed by atoms with van der Waals surface area (Å²) in [6, 6.07) is 0.378. The first-order chi connectivity index (χ1) is 9.93. The summed E-state index contributed by atoms with van der Waals surface area (Å²) in [6.45, 7) is 11.6. The lowest BCUT2D eigenvalue weighted by Gasteiger charge is -2.39. The van der Waals surface area contributed by atoms with Crippen molar-refractivity contribution in [2.24, 2.45) is 16.7 Å². The fourth-order valence-electron chi connectivity index (χ4n) is 4.77. The van der Waals surface area contributed by atoms with Gasteiger partial charge >= 0.3 is 0 Å².